The summed E-state index contributed by atoms with van der Waals surface area (Å²) in [5.41, 5.74) is 8.02. The van der Waals surface area contributed by atoms with Gasteiger partial charge in [0, 0.05) is 36.2 Å². The third-order valence-corrected chi connectivity index (χ3v) is 3.50. The molecule has 2 aromatic rings. The van der Waals surface area contributed by atoms with Crippen molar-refractivity contribution in [2.24, 2.45) is 12.8 Å². The zero-order valence-electron chi connectivity index (χ0n) is 11.0. The van der Waals surface area contributed by atoms with E-state index in [1.165, 1.54) is 0 Å². The van der Waals surface area contributed by atoms with Crippen molar-refractivity contribution in [3.05, 3.63) is 35.3 Å². The lowest BCUT2D eigenvalue weighted by atomic mass is 10.0. The molecule has 1 heterocycles. The van der Waals surface area contributed by atoms with Gasteiger partial charge < -0.3 is 15.4 Å². The molecule has 102 valence electrons. The number of carbonyl (C=O) groups is 1. The summed E-state index contributed by atoms with van der Waals surface area (Å²) in [6.45, 7) is 1.91. The number of nitrogens with two attached hydrogens (primary N) is 1. The highest BCUT2D eigenvalue weighted by Crippen LogP contribution is 2.28. The van der Waals surface area contributed by atoms with E-state index in [1.807, 2.05) is 24.6 Å². The van der Waals surface area contributed by atoms with Crippen LogP contribution >= 0.6 is 0 Å². The standard InChI is InChI=1S/C14H17FN2O2/c1-8-7-10-12(17(8)2)5-3-9(14(10)15)11(16)4-6-13(18)19/h3,5,7,11H,4,6,16H2,1-2H3,(H,18,19). The number of aromatic nitrogens is 1. The number of aryl methyl sites for hydroxylation is 2. The first-order valence-corrected chi connectivity index (χ1v) is 6.13. The lowest BCUT2D eigenvalue weighted by Gasteiger charge is -2.12. The van der Waals surface area contributed by atoms with Crippen LogP contribution < -0.4 is 5.73 Å². The normalized spacial score (nSPS) is 12.8. The van der Waals surface area contributed by atoms with Gasteiger partial charge in [-0.2, -0.15) is 0 Å². The molecule has 1 atom stereocenters. The topological polar surface area (TPSA) is 68.2 Å². The zero-order chi connectivity index (χ0) is 14.2. The largest absolute Gasteiger partial charge is 0.481 e. The SMILES string of the molecule is Cc1cc2c(F)c(C(N)CCC(=O)O)ccc2n1C. The van der Waals surface area contributed by atoms with E-state index < -0.39 is 12.0 Å². The van der Waals surface area contributed by atoms with Crippen LogP contribution in [0.25, 0.3) is 10.9 Å². The van der Waals surface area contributed by atoms with Gasteiger partial charge in [0.2, 0.25) is 0 Å². The Morgan fingerprint density at radius 1 is 1.53 bits per heavy atom. The fourth-order valence-electron chi connectivity index (χ4n) is 2.25. The molecule has 0 amide bonds. The van der Waals surface area contributed by atoms with Crippen LogP contribution in [0.5, 0.6) is 0 Å². The van der Waals surface area contributed by atoms with Gasteiger partial charge in [-0.15, -0.1) is 0 Å². The fourth-order valence-corrected chi connectivity index (χ4v) is 2.25. The van der Waals surface area contributed by atoms with E-state index in [0.717, 1.165) is 11.2 Å². The molecule has 0 radical (unpaired) electrons. The summed E-state index contributed by atoms with van der Waals surface area (Å²) in [5.74, 6) is -1.27. The first kappa shape index (κ1) is 13.5. The maximum Gasteiger partial charge on any atom is 0.303 e. The minimum Gasteiger partial charge on any atom is -0.481 e. The molecule has 0 fully saturated rings. The Morgan fingerprint density at radius 3 is 2.84 bits per heavy atom. The van der Waals surface area contributed by atoms with Gasteiger partial charge in [-0.25, -0.2) is 4.39 Å². The first-order valence-electron chi connectivity index (χ1n) is 6.13. The summed E-state index contributed by atoms with van der Waals surface area (Å²) in [7, 11) is 1.88. The van der Waals surface area contributed by atoms with E-state index in [0.29, 0.717) is 10.9 Å². The Hall–Kier alpha value is -1.88. The molecular formula is C14H17FN2O2. The molecular weight excluding hydrogens is 247 g/mol. The Kier molecular flexibility index (Phi) is 3.57. The summed E-state index contributed by atoms with van der Waals surface area (Å²) in [6, 6.07) is 4.64. The summed E-state index contributed by atoms with van der Waals surface area (Å²) in [4.78, 5) is 10.5. The van der Waals surface area contributed by atoms with Gasteiger partial charge in [0.1, 0.15) is 5.82 Å². The van der Waals surface area contributed by atoms with Gasteiger partial charge >= 0.3 is 5.97 Å². The van der Waals surface area contributed by atoms with Gasteiger partial charge in [0.05, 0.1) is 5.52 Å². The number of benzene rings is 1. The van der Waals surface area contributed by atoms with Crippen LogP contribution in [-0.4, -0.2) is 15.6 Å². The number of hydrogen-bond acceptors (Lipinski definition) is 2. The van der Waals surface area contributed by atoms with E-state index in [9.17, 15) is 9.18 Å². The Bertz CT molecular complexity index is 634. The molecule has 0 saturated carbocycles. The van der Waals surface area contributed by atoms with Crippen molar-refractivity contribution >= 4 is 16.9 Å². The van der Waals surface area contributed by atoms with E-state index in [2.05, 4.69) is 0 Å². The fraction of sp³-hybridized carbons (Fsp3) is 0.357. The summed E-state index contributed by atoms with van der Waals surface area (Å²) >= 11 is 0. The molecule has 19 heavy (non-hydrogen) atoms. The van der Waals surface area contributed by atoms with Crippen molar-refractivity contribution in [1.82, 2.24) is 4.57 Å². The minimum atomic E-state index is -0.924. The summed E-state index contributed by atoms with van der Waals surface area (Å²) in [6.07, 6.45) is 0.163. The molecule has 2 rings (SSSR count). The van der Waals surface area contributed by atoms with Crippen LogP contribution in [0.2, 0.25) is 0 Å². The highest BCUT2D eigenvalue weighted by Gasteiger charge is 2.17. The third kappa shape index (κ3) is 2.46. The number of nitrogens with zero attached hydrogens (tertiary/aromatic N) is 1. The number of halogens is 1. The summed E-state index contributed by atoms with van der Waals surface area (Å²) in [5, 5.41) is 9.17. The molecule has 0 aliphatic rings. The van der Waals surface area contributed by atoms with Crippen molar-refractivity contribution in [3.8, 4) is 0 Å². The van der Waals surface area contributed by atoms with Gasteiger partial charge in [-0.05, 0) is 25.5 Å². The monoisotopic (exact) mass is 264 g/mol. The molecule has 0 saturated heterocycles. The molecule has 0 aliphatic heterocycles. The molecule has 1 unspecified atom stereocenters. The predicted octanol–water partition coefficient (Wildman–Crippen LogP) is 2.49. The summed E-state index contributed by atoms with van der Waals surface area (Å²) < 4.78 is 16.3. The highest BCUT2D eigenvalue weighted by molar-refractivity contribution is 5.83. The quantitative estimate of drug-likeness (QED) is 0.891. The number of aliphatic carboxylic acids is 1. The molecule has 0 aliphatic carbocycles. The van der Waals surface area contributed by atoms with Crippen LogP contribution in [0.3, 0.4) is 0 Å². The Balaban J connectivity index is 2.39. The average molecular weight is 264 g/mol. The van der Waals surface area contributed by atoms with E-state index in [1.54, 1.807) is 12.1 Å². The molecule has 1 aromatic carbocycles. The van der Waals surface area contributed by atoms with Gasteiger partial charge in [-0.3, -0.25) is 4.79 Å². The molecule has 5 heteroatoms. The number of carboxylic acid groups (broad SMARTS) is 1. The van der Waals surface area contributed by atoms with E-state index in [4.69, 9.17) is 10.8 Å². The van der Waals surface area contributed by atoms with Crippen molar-refractivity contribution in [2.75, 3.05) is 0 Å². The third-order valence-electron chi connectivity index (χ3n) is 3.50. The van der Waals surface area contributed by atoms with Crippen molar-refractivity contribution < 1.29 is 14.3 Å². The van der Waals surface area contributed by atoms with E-state index >= 15 is 0 Å². The van der Waals surface area contributed by atoms with Crippen LogP contribution in [0, 0.1) is 12.7 Å². The maximum absolute atomic E-state index is 14.4. The predicted molar refractivity (Wildman–Crippen MR) is 71.4 cm³/mol. The lowest BCUT2D eigenvalue weighted by Crippen LogP contribution is -2.14. The molecule has 0 spiro atoms. The number of rotatable bonds is 4. The number of hydrogen-bond donors (Lipinski definition) is 2. The average Bonchev–Trinajstić information content (AvgIpc) is 2.64. The Labute approximate surface area is 110 Å². The second kappa shape index (κ2) is 5.01. The van der Waals surface area contributed by atoms with E-state index in [-0.39, 0.29) is 18.7 Å². The number of carboxylic acids is 1. The molecule has 3 N–H and O–H groups in total. The molecule has 1 aromatic heterocycles. The first-order chi connectivity index (χ1) is 8.91. The van der Waals surface area contributed by atoms with Crippen LogP contribution in [-0.2, 0) is 11.8 Å². The number of fused-ring (bicyclic) bond motifs is 1. The smallest absolute Gasteiger partial charge is 0.303 e. The second-order valence-corrected chi connectivity index (χ2v) is 4.79. The molecule has 4 nitrogen and oxygen atoms in total. The van der Waals surface area contributed by atoms with Gasteiger partial charge in [-0.1, -0.05) is 6.07 Å². The van der Waals surface area contributed by atoms with Crippen LogP contribution in [0.1, 0.15) is 30.1 Å². The Morgan fingerprint density at radius 2 is 2.21 bits per heavy atom. The van der Waals surface area contributed by atoms with Crippen LogP contribution in [0.4, 0.5) is 4.39 Å². The maximum atomic E-state index is 14.4. The van der Waals surface area contributed by atoms with Crippen molar-refractivity contribution in [1.29, 1.82) is 0 Å². The lowest BCUT2D eigenvalue weighted by molar-refractivity contribution is -0.137. The van der Waals surface area contributed by atoms with Crippen LogP contribution in [0.15, 0.2) is 18.2 Å². The molecule has 0 bridgehead atoms. The van der Waals surface area contributed by atoms with Gasteiger partial charge in [0.15, 0.2) is 0 Å². The van der Waals surface area contributed by atoms with Crippen molar-refractivity contribution in [2.45, 2.75) is 25.8 Å². The van der Waals surface area contributed by atoms with Crippen molar-refractivity contribution in [3.63, 3.8) is 0 Å². The minimum absolute atomic E-state index is 0.0630. The highest BCUT2D eigenvalue weighted by atomic mass is 19.1. The second-order valence-electron chi connectivity index (χ2n) is 4.79. The zero-order valence-corrected chi connectivity index (χ0v) is 11.0. The van der Waals surface area contributed by atoms with Gasteiger partial charge in [0.25, 0.3) is 0 Å².